The number of nitrogens with one attached hydrogen (secondary N) is 3. The largest absolute Gasteiger partial charge is 0.357 e. The van der Waals surface area contributed by atoms with Gasteiger partial charge in [-0.05, 0) is 44.4 Å². The van der Waals surface area contributed by atoms with Crippen molar-refractivity contribution >= 4 is 41.8 Å². The van der Waals surface area contributed by atoms with Gasteiger partial charge in [0.2, 0.25) is 5.91 Å². The van der Waals surface area contributed by atoms with Crippen LogP contribution < -0.4 is 16.0 Å². The average Bonchev–Trinajstić information content (AvgIpc) is 3.20. The van der Waals surface area contributed by atoms with Crippen LogP contribution in [0.1, 0.15) is 63.4 Å². The highest BCUT2D eigenvalue weighted by molar-refractivity contribution is 14.0. The second-order valence-corrected chi connectivity index (χ2v) is 8.25. The van der Waals surface area contributed by atoms with Crippen molar-refractivity contribution in [1.82, 2.24) is 20.9 Å². The predicted molar refractivity (Wildman–Crippen MR) is 137 cm³/mol. The lowest BCUT2D eigenvalue weighted by Crippen LogP contribution is -2.45. The molecule has 2 rings (SSSR count). The molecule has 1 aromatic rings. The van der Waals surface area contributed by atoms with Crippen LogP contribution in [0.5, 0.6) is 0 Å². The van der Waals surface area contributed by atoms with E-state index in [0.717, 1.165) is 37.5 Å². The molecule has 2 amide bonds. The van der Waals surface area contributed by atoms with Crippen molar-refractivity contribution in [2.24, 2.45) is 10.9 Å². The summed E-state index contributed by atoms with van der Waals surface area (Å²) in [4.78, 5) is 31.2. The molecule has 1 saturated heterocycles. The summed E-state index contributed by atoms with van der Waals surface area (Å²) in [5.41, 5.74) is 1.63. The van der Waals surface area contributed by atoms with E-state index in [9.17, 15) is 9.59 Å². The SMILES string of the molecule is CCNC(=NCc1cccc(C(=O)NC(C)CC)c1)NC1CCN(C(=O)C(C)C)C1.I. The molecule has 1 aliphatic heterocycles. The molecule has 0 spiro atoms. The Labute approximate surface area is 203 Å². The standard InChI is InChI=1S/C23H37N5O2.HI/c1-6-17(5)26-21(29)19-10-8-9-18(13-19)14-25-23(24-7-2)27-20-11-12-28(15-20)22(30)16(3)4;/h8-10,13,16-17,20H,6-7,11-12,14-15H2,1-5H3,(H,26,29)(H2,24,25,27);1H. The minimum absolute atomic E-state index is 0. The molecule has 0 bridgehead atoms. The zero-order valence-corrected chi connectivity index (χ0v) is 21.7. The Bertz CT molecular complexity index is 753. The molecular formula is C23H38IN5O2. The van der Waals surface area contributed by atoms with Gasteiger partial charge < -0.3 is 20.9 Å². The number of benzene rings is 1. The highest BCUT2D eigenvalue weighted by Crippen LogP contribution is 2.13. The number of hydrogen-bond acceptors (Lipinski definition) is 3. The minimum atomic E-state index is -0.0546. The van der Waals surface area contributed by atoms with E-state index < -0.39 is 0 Å². The molecule has 31 heavy (non-hydrogen) atoms. The van der Waals surface area contributed by atoms with Crippen molar-refractivity contribution in [2.75, 3.05) is 19.6 Å². The number of halogens is 1. The maximum atomic E-state index is 12.4. The third kappa shape index (κ3) is 8.66. The van der Waals surface area contributed by atoms with E-state index in [-0.39, 0.29) is 53.8 Å². The lowest BCUT2D eigenvalue weighted by Gasteiger charge is -2.20. The van der Waals surface area contributed by atoms with Gasteiger partial charge in [0.15, 0.2) is 5.96 Å². The number of carbonyl (C=O) groups excluding carboxylic acids is 2. The number of aliphatic imine (C=N–C) groups is 1. The molecule has 1 fully saturated rings. The van der Waals surface area contributed by atoms with Crippen molar-refractivity contribution in [1.29, 1.82) is 0 Å². The molecule has 0 saturated carbocycles. The summed E-state index contributed by atoms with van der Waals surface area (Å²) in [6.07, 6.45) is 1.81. The second kappa shape index (κ2) is 13.5. The highest BCUT2D eigenvalue weighted by atomic mass is 127. The monoisotopic (exact) mass is 543 g/mol. The first-order valence-corrected chi connectivity index (χ1v) is 11.1. The molecular weight excluding hydrogens is 505 g/mol. The fourth-order valence-electron chi connectivity index (χ4n) is 3.35. The summed E-state index contributed by atoms with van der Waals surface area (Å²) >= 11 is 0. The third-order valence-electron chi connectivity index (χ3n) is 5.28. The lowest BCUT2D eigenvalue weighted by molar-refractivity contribution is -0.133. The molecule has 3 N–H and O–H groups in total. The summed E-state index contributed by atoms with van der Waals surface area (Å²) in [7, 11) is 0. The molecule has 0 aliphatic carbocycles. The molecule has 1 aliphatic rings. The van der Waals surface area contributed by atoms with Crippen LogP contribution in [0.2, 0.25) is 0 Å². The van der Waals surface area contributed by atoms with Crippen LogP contribution in [-0.4, -0.2) is 54.4 Å². The Balaban J connectivity index is 0.00000480. The molecule has 8 heteroatoms. The van der Waals surface area contributed by atoms with E-state index in [1.165, 1.54) is 0 Å². The zero-order valence-electron chi connectivity index (χ0n) is 19.4. The third-order valence-corrected chi connectivity index (χ3v) is 5.28. The van der Waals surface area contributed by atoms with E-state index in [2.05, 4.69) is 20.9 Å². The topological polar surface area (TPSA) is 85.8 Å². The minimum Gasteiger partial charge on any atom is -0.357 e. The van der Waals surface area contributed by atoms with Gasteiger partial charge in [-0.2, -0.15) is 0 Å². The predicted octanol–water partition coefficient (Wildman–Crippen LogP) is 3.14. The molecule has 2 atom stereocenters. The van der Waals surface area contributed by atoms with Crippen molar-refractivity contribution in [3.05, 3.63) is 35.4 Å². The second-order valence-electron chi connectivity index (χ2n) is 8.25. The Hall–Kier alpha value is -1.84. The number of rotatable bonds is 8. The first-order chi connectivity index (χ1) is 14.3. The van der Waals surface area contributed by atoms with E-state index >= 15 is 0 Å². The summed E-state index contributed by atoms with van der Waals surface area (Å²) in [5, 5.41) is 9.72. The molecule has 0 aromatic heterocycles. The van der Waals surface area contributed by atoms with Gasteiger partial charge in [-0.15, -0.1) is 24.0 Å². The zero-order chi connectivity index (χ0) is 22.1. The number of nitrogens with zero attached hydrogens (tertiary/aromatic N) is 2. The summed E-state index contributed by atoms with van der Waals surface area (Å²) in [6, 6.07) is 7.93. The van der Waals surface area contributed by atoms with Gasteiger partial charge >= 0.3 is 0 Å². The lowest BCUT2D eigenvalue weighted by atomic mass is 10.1. The summed E-state index contributed by atoms with van der Waals surface area (Å²) in [5.74, 6) is 0.904. The first-order valence-electron chi connectivity index (χ1n) is 11.1. The number of guanidine groups is 1. The van der Waals surface area contributed by atoms with Crippen LogP contribution >= 0.6 is 24.0 Å². The normalized spacial score (nSPS) is 17.2. The van der Waals surface area contributed by atoms with Crippen LogP contribution in [-0.2, 0) is 11.3 Å². The molecule has 1 heterocycles. The molecule has 174 valence electrons. The summed E-state index contributed by atoms with van der Waals surface area (Å²) < 4.78 is 0. The van der Waals surface area contributed by atoms with Crippen LogP contribution in [0.15, 0.2) is 29.3 Å². The molecule has 7 nitrogen and oxygen atoms in total. The number of amides is 2. The van der Waals surface area contributed by atoms with E-state index in [0.29, 0.717) is 18.7 Å². The fourth-order valence-corrected chi connectivity index (χ4v) is 3.35. The highest BCUT2D eigenvalue weighted by Gasteiger charge is 2.27. The molecule has 0 radical (unpaired) electrons. The fraction of sp³-hybridized carbons (Fsp3) is 0.609. The molecule has 2 unspecified atom stereocenters. The van der Waals surface area contributed by atoms with E-state index in [4.69, 9.17) is 0 Å². The average molecular weight is 543 g/mol. The Kier molecular flexibility index (Phi) is 11.9. The van der Waals surface area contributed by atoms with E-state index in [1.54, 1.807) is 0 Å². The van der Waals surface area contributed by atoms with Gasteiger partial charge in [0.05, 0.1) is 6.54 Å². The Morgan fingerprint density at radius 3 is 2.61 bits per heavy atom. The summed E-state index contributed by atoms with van der Waals surface area (Å²) in [6.45, 7) is 12.7. The van der Waals surface area contributed by atoms with Crippen LogP contribution in [0.3, 0.4) is 0 Å². The maximum absolute atomic E-state index is 12.4. The molecule has 1 aromatic carbocycles. The quantitative estimate of drug-likeness (QED) is 0.267. The van der Waals surface area contributed by atoms with Crippen LogP contribution in [0, 0.1) is 5.92 Å². The smallest absolute Gasteiger partial charge is 0.251 e. The van der Waals surface area contributed by atoms with Gasteiger partial charge in [-0.25, -0.2) is 4.99 Å². The Morgan fingerprint density at radius 2 is 1.97 bits per heavy atom. The van der Waals surface area contributed by atoms with E-state index in [1.807, 2.05) is 63.8 Å². The van der Waals surface area contributed by atoms with Gasteiger partial charge in [0, 0.05) is 43.2 Å². The van der Waals surface area contributed by atoms with Gasteiger partial charge in [0.25, 0.3) is 5.91 Å². The number of carbonyl (C=O) groups is 2. The van der Waals surface area contributed by atoms with Gasteiger partial charge in [-0.1, -0.05) is 32.9 Å². The number of likely N-dealkylation sites (tertiary alicyclic amines) is 1. The van der Waals surface area contributed by atoms with Crippen molar-refractivity contribution in [3.8, 4) is 0 Å². The van der Waals surface area contributed by atoms with Crippen molar-refractivity contribution in [2.45, 2.75) is 66.1 Å². The van der Waals surface area contributed by atoms with Crippen LogP contribution in [0.25, 0.3) is 0 Å². The number of hydrogen-bond donors (Lipinski definition) is 3. The van der Waals surface area contributed by atoms with Crippen molar-refractivity contribution < 1.29 is 9.59 Å². The maximum Gasteiger partial charge on any atom is 0.251 e. The van der Waals surface area contributed by atoms with Crippen molar-refractivity contribution in [3.63, 3.8) is 0 Å². The van der Waals surface area contributed by atoms with Gasteiger partial charge in [-0.3, -0.25) is 9.59 Å². The Morgan fingerprint density at radius 1 is 1.23 bits per heavy atom. The first kappa shape index (κ1) is 27.2. The van der Waals surface area contributed by atoms with Gasteiger partial charge in [0.1, 0.15) is 0 Å². The van der Waals surface area contributed by atoms with Crippen LogP contribution in [0.4, 0.5) is 0 Å².